The summed E-state index contributed by atoms with van der Waals surface area (Å²) in [5, 5.41) is 8.63. The van der Waals surface area contributed by atoms with Gasteiger partial charge >= 0.3 is 5.97 Å². The first-order valence-corrected chi connectivity index (χ1v) is 4.34. The van der Waals surface area contributed by atoms with Crippen molar-refractivity contribution in [3.05, 3.63) is 12.2 Å². The summed E-state index contributed by atoms with van der Waals surface area (Å²) in [5.74, 6) is -0.248. The normalized spacial score (nSPS) is 11.1. The number of carbonyl (C=O) groups excluding carboxylic acids is 1. The fraction of sp³-hybridized carbons (Fsp3) is 0.700. The molecular weight excluding hydrogens is 168 g/mol. The Balaban J connectivity index is 3.71. The molecule has 0 fully saturated rings. The van der Waals surface area contributed by atoms with E-state index in [1.54, 1.807) is 0 Å². The van der Waals surface area contributed by atoms with Crippen molar-refractivity contribution < 1.29 is 14.6 Å². The fourth-order valence-corrected chi connectivity index (χ4v) is 0.750. The SMILES string of the molecule is C=C(CO)CCC(=O)OC(C)(C)C. The van der Waals surface area contributed by atoms with Gasteiger partial charge in [0.1, 0.15) is 5.60 Å². The molecule has 76 valence electrons. The Morgan fingerprint density at radius 2 is 1.92 bits per heavy atom. The lowest BCUT2D eigenvalue weighted by Gasteiger charge is -2.19. The Morgan fingerprint density at radius 1 is 1.38 bits per heavy atom. The Kier molecular flexibility index (Phi) is 4.70. The third-order valence-electron chi connectivity index (χ3n) is 1.33. The van der Waals surface area contributed by atoms with E-state index < -0.39 is 5.60 Å². The van der Waals surface area contributed by atoms with Gasteiger partial charge in [-0.05, 0) is 27.2 Å². The smallest absolute Gasteiger partial charge is 0.306 e. The zero-order chi connectivity index (χ0) is 10.5. The molecule has 0 saturated carbocycles. The average molecular weight is 186 g/mol. The molecular formula is C10H18O3. The van der Waals surface area contributed by atoms with Crippen LogP contribution in [0.3, 0.4) is 0 Å². The van der Waals surface area contributed by atoms with Crippen molar-refractivity contribution in [2.75, 3.05) is 6.61 Å². The first-order valence-electron chi connectivity index (χ1n) is 4.34. The maximum atomic E-state index is 11.1. The van der Waals surface area contributed by atoms with Crippen molar-refractivity contribution >= 4 is 5.97 Å². The minimum Gasteiger partial charge on any atom is -0.460 e. The highest BCUT2D eigenvalue weighted by molar-refractivity contribution is 5.70. The number of esters is 1. The maximum absolute atomic E-state index is 11.1. The molecule has 0 rings (SSSR count). The topological polar surface area (TPSA) is 46.5 Å². The van der Waals surface area contributed by atoms with Crippen LogP contribution in [0.25, 0.3) is 0 Å². The van der Waals surface area contributed by atoms with E-state index in [-0.39, 0.29) is 19.0 Å². The molecule has 0 spiro atoms. The van der Waals surface area contributed by atoms with E-state index in [0.29, 0.717) is 12.0 Å². The summed E-state index contributed by atoms with van der Waals surface area (Å²) in [6, 6.07) is 0. The second kappa shape index (κ2) is 5.02. The lowest BCUT2D eigenvalue weighted by Crippen LogP contribution is -2.23. The molecule has 0 aromatic rings. The van der Waals surface area contributed by atoms with Gasteiger partial charge in [0.15, 0.2) is 0 Å². The van der Waals surface area contributed by atoms with Gasteiger partial charge in [0.05, 0.1) is 6.61 Å². The molecule has 0 atom stereocenters. The Bertz CT molecular complexity index is 189. The van der Waals surface area contributed by atoms with Crippen LogP contribution in [0.2, 0.25) is 0 Å². The summed E-state index contributed by atoms with van der Waals surface area (Å²) in [6.45, 7) is 8.99. The highest BCUT2D eigenvalue weighted by Gasteiger charge is 2.15. The molecule has 0 aromatic carbocycles. The number of carbonyl (C=O) groups is 1. The van der Waals surface area contributed by atoms with Gasteiger partial charge in [-0.2, -0.15) is 0 Å². The molecule has 3 heteroatoms. The Labute approximate surface area is 79.4 Å². The van der Waals surface area contributed by atoms with Crippen molar-refractivity contribution in [2.24, 2.45) is 0 Å². The van der Waals surface area contributed by atoms with Crippen molar-refractivity contribution in [2.45, 2.75) is 39.2 Å². The quantitative estimate of drug-likeness (QED) is 0.536. The molecule has 0 unspecified atom stereocenters. The minimum atomic E-state index is -0.433. The summed E-state index contributed by atoms with van der Waals surface area (Å²) in [5.41, 5.74) is 0.225. The van der Waals surface area contributed by atoms with E-state index in [1.807, 2.05) is 20.8 Å². The van der Waals surface area contributed by atoms with Gasteiger partial charge in [0.25, 0.3) is 0 Å². The van der Waals surface area contributed by atoms with E-state index in [4.69, 9.17) is 9.84 Å². The van der Waals surface area contributed by atoms with Crippen molar-refractivity contribution in [3.63, 3.8) is 0 Å². The predicted octanol–water partition coefficient (Wildman–Crippen LogP) is 1.66. The highest BCUT2D eigenvalue weighted by Crippen LogP contribution is 2.10. The number of rotatable bonds is 4. The highest BCUT2D eigenvalue weighted by atomic mass is 16.6. The number of hydrogen-bond acceptors (Lipinski definition) is 3. The number of ether oxygens (including phenoxy) is 1. The molecule has 0 saturated heterocycles. The standard InChI is InChI=1S/C10H18O3/c1-8(7-11)5-6-9(12)13-10(2,3)4/h11H,1,5-7H2,2-4H3. The molecule has 0 aromatic heterocycles. The van der Waals surface area contributed by atoms with Crippen LogP contribution in [0.5, 0.6) is 0 Å². The largest absolute Gasteiger partial charge is 0.460 e. The Morgan fingerprint density at radius 3 is 2.31 bits per heavy atom. The van der Waals surface area contributed by atoms with Crippen LogP contribution in [0.4, 0.5) is 0 Å². The minimum absolute atomic E-state index is 0.0667. The summed E-state index contributed by atoms with van der Waals surface area (Å²) < 4.78 is 5.07. The predicted molar refractivity (Wildman–Crippen MR) is 51.3 cm³/mol. The van der Waals surface area contributed by atoms with Crippen molar-refractivity contribution in [1.82, 2.24) is 0 Å². The summed E-state index contributed by atoms with van der Waals surface area (Å²) in [7, 11) is 0. The summed E-state index contributed by atoms with van der Waals surface area (Å²) in [4.78, 5) is 11.1. The molecule has 0 aliphatic carbocycles. The lowest BCUT2D eigenvalue weighted by atomic mass is 10.1. The lowest BCUT2D eigenvalue weighted by molar-refractivity contribution is -0.154. The van der Waals surface area contributed by atoms with Crippen LogP contribution < -0.4 is 0 Å². The first-order chi connectivity index (χ1) is 5.85. The van der Waals surface area contributed by atoms with Gasteiger partial charge in [-0.15, -0.1) is 0 Å². The fourth-order valence-electron chi connectivity index (χ4n) is 0.750. The maximum Gasteiger partial charge on any atom is 0.306 e. The third-order valence-corrected chi connectivity index (χ3v) is 1.33. The van der Waals surface area contributed by atoms with Crippen LogP contribution in [-0.2, 0) is 9.53 Å². The molecule has 0 radical (unpaired) electrons. The molecule has 0 aliphatic heterocycles. The van der Waals surface area contributed by atoms with Gasteiger partial charge in [-0.3, -0.25) is 4.79 Å². The van der Waals surface area contributed by atoms with E-state index in [9.17, 15) is 4.79 Å². The molecule has 0 aliphatic rings. The van der Waals surface area contributed by atoms with Gasteiger partial charge in [-0.1, -0.05) is 12.2 Å². The van der Waals surface area contributed by atoms with Gasteiger partial charge < -0.3 is 9.84 Å². The second-order valence-electron chi connectivity index (χ2n) is 3.99. The summed E-state index contributed by atoms with van der Waals surface area (Å²) >= 11 is 0. The number of aliphatic hydroxyl groups is 1. The van der Waals surface area contributed by atoms with E-state index in [0.717, 1.165) is 0 Å². The van der Waals surface area contributed by atoms with E-state index in [2.05, 4.69) is 6.58 Å². The molecule has 0 amide bonds. The molecule has 1 N–H and O–H groups in total. The zero-order valence-corrected chi connectivity index (χ0v) is 8.59. The molecule has 13 heavy (non-hydrogen) atoms. The molecule has 0 heterocycles. The first kappa shape index (κ1) is 12.2. The van der Waals surface area contributed by atoms with Crippen molar-refractivity contribution in [1.29, 1.82) is 0 Å². The van der Waals surface area contributed by atoms with Crippen LogP contribution in [0.15, 0.2) is 12.2 Å². The van der Waals surface area contributed by atoms with Crippen LogP contribution in [0.1, 0.15) is 33.6 Å². The summed E-state index contributed by atoms with van der Waals surface area (Å²) in [6.07, 6.45) is 0.780. The van der Waals surface area contributed by atoms with Gasteiger partial charge in [0.2, 0.25) is 0 Å². The van der Waals surface area contributed by atoms with Crippen LogP contribution in [-0.4, -0.2) is 23.3 Å². The van der Waals surface area contributed by atoms with E-state index in [1.165, 1.54) is 0 Å². The molecule has 0 bridgehead atoms. The third kappa shape index (κ3) is 7.53. The van der Waals surface area contributed by atoms with Crippen LogP contribution >= 0.6 is 0 Å². The van der Waals surface area contributed by atoms with Gasteiger partial charge in [-0.25, -0.2) is 0 Å². The number of aliphatic hydroxyl groups excluding tert-OH is 1. The molecule has 3 nitrogen and oxygen atoms in total. The van der Waals surface area contributed by atoms with Crippen LogP contribution in [0, 0.1) is 0 Å². The Hall–Kier alpha value is -0.830. The number of hydrogen-bond donors (Lipinski definition) is 1. The van der Waals surface area contributed by atoms with Crippen molar-refractivity contribution in [3.8, 4) is 0 Å². The zero-order valence-electron chi connectivity index (χ0n) is 8.59. The second-order valence-corrected chi connectivity index (χ2v) is 3.99. The average Bonchev–Trinajstić information content (AvgIpc) is 1.97. The van der Waals surface area contributed by atoms with E-state index >= 15 is 0 Å². The van der Waals surface area contributed by atoms with Gasteiger partial charge in [0, 0.05) is 6.42 Å². The monoisotopic (exact) mass is 186 g/mol.